The molecule has 2 atom stereocenters. The van der Waals surface area contributed by atoms with Gasteiger partial charge in [-0.2, -0.15) is 8.78 Å². The number of anilines is 1. The first-order valence-electron chi connectivity index (χ1n) is 10.1. The zero-order chi connectivity index (χ0) is 20.8. The van der Waals surface area contributed by atoms with Crippen LogP contribution in [0.5, 0.6) is 0 Å². The topological polar surface area (TPSA) is 60.0 Å². The molecule has 1 saturated heterocycles. The summed E-state index contributed by atoms with van der Waals surface area (Å²) in [7, 11) is 3.09. The highest BCUT2D eigenvalue weighted by Gasteiger charge is 2.35. The van der Waals surface area contributed by atoms with Crippen LogP contribution < -0.4 is 10.2 Å². The summed E-state index contributed by atoms with van der Waals surface area (Å²) in [6.07, 6.45) is 5.26. The number of halogens is 2. The molecule has 162 valence electrons. The smallest absolute Gasteiger partial charge is 0.345 e. The third kappa shape index (κ3) is 5.87. The quantitative estimate of drug-likeness (QED) is 0.662. The summed E-state index contributed by atoms with van der Waals surface area (Å²) in [6, 6.07) is 7.51. The monoisotopic (exact) mass is 412 g/mol. The Kier molecular flexibility index (Phi) is 7.80. The van der Waals surface area contributed by atoms with Gasteiger partial charge in [-0.05, 0) is 56.4 Å². The molecule has 3 rings (SSSR count). The molecule has 1 N–H and O–H groups in total. The van der Waals surface area contributed by atoms with Gasteiger partial charge in [-0.1, -0.05) is 0 Å². The molecular formula is C21H30F2N2O4. The van der Waals surface area contributed by atoms with Gasteiger partial charge in [-0.15, -0.1) is 0 Å². The summed E-state index contributed by atoms with van der Waals surface area (Å²) in [6.45, 7) is -2.11. The number of alkyl halides is 2. The molecule has 0 amide bonds. The van der Waals surface area contributed by atoms with Gasteiger partial charge in [-0.3, -0.25) is 0 Å². The Hall–Kier alpha value is -1.77. The number of hydrogen-bond acceptors (Lipinski definition) is 6. The molecule has 1 aliphatic heterocycles. The summed E-state index contributed by atoms with van der Waals surface area (Å²) in [4.78, 5) is 13.7. The second-order valence-electron chi connectivity index (χ2n) is 7.75. The van der Waals surface area contributed by atoms with Gasteiger partial charge in [0.25, 0.3) is 0 Å². The molecule has 2 unspecified atom stereocenters. The zero-order valence-electron chi connectivity index (χ0n) is 17.0. The number of methoxy groups -OCH3 is 2. The van der Waals surface area contributed by atoms with E-state index in [4.69, 9.17) is 9.47 Å². The molecule has 0 aromatic heterocycles. The Morgan fingerprint density at radius 3 is 2.41 bits per heavy atom. The predicted molar refractivity (Wildman–Crippen MR) is 105 cm³/mol. The minimum atomic E-state index is -2.78. The van der Waals surface area contributed by atoms with Crippen LogP contribution >= 0.6 is 0 Å². The Morgan fingerprint density at radius 1 is 1.14 bits per heavy atom. The summed E-state index contributed by atoms with van der Waals surface area (Å²) >= 11 is 0. The van der Waals surface area contributed by atoms with Crippen LogP contribution in [0.3, 0.4) is 0 Å². The molecule has 6 nitrogen and oxygen atoms in total. The highest BCUT2D eigenvalue weighted by Crippen LogP contribution is 2.29. The average molecular weight is 412 g/mol. The van der Waals surface area contributed by atoms with Gasteiger partial charge in [0.1, 0.15) is 0 Å². The first-order chi connectivity index (χ1) is 14.0. The average Bonchev–Trinajstić information content (AvgIpc) is 3.15. The van der Waals surface area contributed by atoms with E-state index >= 15 is 0 Å². The Bertz CT molecular complexity index is 651. The standard InChI is InChI=1S/C21H30F2N2O4/c1-27-19-9-5-15(6-10-19)24-16-11-18(13-29-21(22)23)25(12-16)17-7-3-14(4-8-17)20(26)28-2/h3-4,7-8,15-16,18-19,21,24H,5-6,9-13H2,1-2H3. The summed E-state index contributed by atoms with van der Waals surface area (Å²) in [5.74, 6) is -0.401. The second-order valence-corrected chi connectivity index (χ2v) is 7.75. The van der Waals surface area contributed by atoms with Gasteiger partial charge in [0, 0.05) is 31.4 Å². The number of carbonyl (C=O) groups is 1. The van der Waals surface area contributed by atoms with Crippen LogP contribution in [-0.2, 0) is 14.2 Å². The molecule has 1 aliphatic carbocycles. The van der Waals surface area contributed by atoms with Crippen LogP contribution in [0.15, 0.2) is 24.3 Å². The Balaban J connectivity index is 1.64. The lowest BCUT2D eigenvalue weighted by atomic mass is 9.92. The number of ether oxygens (including phenoxy) is 3. The van der Waals surface area contributed by atoms with Crippen molar-refractivity contribution in [1.29, 1.82) is 0 Å². The number of hydrogen-bond donors (Lipinski definition) is 1. The lowest BCUT2D eigenvalue weighted by Crippen LogP contribution is -2.42. The van der Waals surface area contributed by atoms with Crippen LogP contribution in [-0.4, -0.2) is 64.2 Å². The van der Waals surface area contributed by atoms with Crippen molar-refractivity contribution >= 4 is 11.7 Å². The fourth-order valence-electron chi connectivity index (χ4n) is 4.40. The fraction of sp³-hybridized carbons (Fsp3) is 0.667. The van der Waals surface area contributed by atoms with Crippen molar-refractivity contribution in [1.82, 2.24) is 5.32 Å². The molecule has 2 fully saturated rings. The van der Waals surface area contributed by atoms with Crippen molar-refractivity contribution in [3.63, 3.8) is 0 Å². The Morgan fingerprint density at radius 2 is 1.83 bits per heavy atom. The highest BCUT2D eigenvalue weighted by molar-refractivity contribution is 5.89. The number of nitrogens with zero attached hydrogens (tertiary/aromatic N) is 1. The van der Waals surface area contributed by atoms with Crippen LogP contribution in [0, 0.1) is 0 Å². The first kappa shape index (κ1) is 21.9. The molecule has 1 heterocycles. The maximum absolute atomic E-state index is 12.6. The fourth-order valence-corrected chi connectivity index (χ4v) is 4.40. The van der Waals surface area contributed by atoms with E-state index in [0.717, 1.165) is 37.8 Å². The molecule has 0 bridgehead atoms. The summed E-state index contributed by atoms with van der Waals surface area (Å²) < 4.78 is 40.0. The van der Waals surface area contributed by atoms with Gasteiger partial charge < -0.3 is 24.4 Å². The molecule has 8 heteroatoms. The predicted octanol–water partition coefficient (Wildman–Crippen LogP) is 3.21. The maximum Gasteiger partial charge on any atom is 0.345 e. The van der Waals surface area contributed by atoms with Crippen LogP contribution in [0.25, 0.3) is 0 Å². The number of rotatable bonds is 8. The molecule has 2 aliphatic rings. The van der Waals surface area contributed by atoms with E-state index < -0.39 is 12.6 Å². The van der Waals surface area contributed by atoms with Gasteiger partial charge >= 0.3 is 12.6 Å². The lowest BCUT2D eigenvalue weighted by Gasteiger charge is -2.30. The van der Waals surface area contributed by atoms with Crippen LogP contribution in [0.1, 0.15) is 42.5 Å². The molecule has 1 saturated carbocycles. The minimum Gasteiger partial charge on any atom is -0.465 e. The van der Waals surface area contributed by atoms with E-state index in [1.54, 1.807) is 19.2 Å². The van der Waals surface area contributed by atoms with Gasteiger partial charge in [0.15, 0.2) is 0 Å². The molecule has 0 spiro atoms. The van der Waals surface area contributed by atoms with Crippen molar-refractivity contribution in [3.05, 3.63) is 29.8 Å². The highest BCUT2D eigenvalue weighted by atomic mass is 19.3. The van der Waals surface area contributed by atoms with E-state index in [1.165, 1.54) is 7.11 Å². The van der Waals surface area contributed by atoms with E-state index in [2.05, 4.69) is 15.0 Å². The SMILES string of the molecule is COC(=O)c1ccc(N2CC(NC3CCC(OC)CC3)CC2COC(F)F)cc1. The number of esters is 1. The number of nitrogens with one attached hydrogen (secondary N) is 1. The summed E-state index contributed by atoms with van der Waals surface area (Å²) in [5, 5.41) is 3.70. The van der Waals surface area contributed by atoms with Crippen molar-refractivity contribution in [2.75, 3.05) is 32.3 Å². The van der Waals surface area contributed by atoms with Gasteiger partial charge in [0.2, 0.25) is 0 Å². The largest absolute Gasteiger partial charge is 0.465 e. The first-order valence-corrected chi connectivity index (χ1v) is 10.1. The Labute approximate surface area is 170 Å². The van der Waals surface area contributed by atoms with E-state index in [0.29, 0.717) is 24.3 Å². The minimum absolute atomic E-state index is 0.0367. The van der Waals surface area contributed by atoms with Crippen molar-refractivity contribution in [3.8, 4) is 0 Å². The van der Waals surface area contributed by atoms with E-state index in [1.807, 2.05) is 12.1 Å². The van der Waals surface area contributed by atoms with E-state index in [-0.39, 0.29) is 18.7 Å². The molecular weight excluding hydrogens is 382 g/mol. The van der Waals surface area contributed by atoms with Gasteiger partial charge in [0.05, 0.1) is 31.4 Å². The van der Waals surface area contributed by atoms with Gasteiger partial charge in [-0.25, -0.2) is 4.79 Å². The van der Waals surface area contributed by atoms with Crippen LogP contribution in [0.2, 0.25) is 0 Å². The zero-order valence-corrected chi connectivity index (χ0v) is 17.0. The second kappa shape index (κ2) is 10.3. The van der Waals surface area contributed by atoms with Crippen molar-refractivity contribution in [2.24, 2.45) is 0 Å². The third-order valence-electron chi connectivity index (χ3n) is 5.93. The lowest BCUT2D eigenvalue weighted by molar-refractivity contribution is -0.131. The molecule has 1 aromatic carbocycles. The van der Waals surface area contributed by atoms with Crippen molar-refractivity contribution in [2.45, 2.75) is 62.9 Å². The molecule has 29 heavy (non-hydrogen) atoms. The summed E-state index contributed by atoms with van der Waals surface area (Å²) in [5.41, 5.74) is 1.34. The number of carbonyl (C=O) groups excluding carboxylic acids is 1. The van der Waals surface area contributed by atoms with Crippen LogP contribution in [0.4, 0.5) is 14.5 Å². The maximum atomic E-state index is 12.6. The number of benzene rings is 1. The molecule has 1 aromatic rings. The third-order valence-corrected chi connectivity index (χ3v) is 5.93. The van der Waals surface area contributed by atoms with E-state index in [9.17, 15) is 13.6 Å². The van der Waals surface area contributed by atoms with Crippen molar-refractivity contribution < 1.29 is 27.8 Å². The molecule has 0 radical (unpaired) electrons. The normalized spacial score (nSPS) is 27.4.